The van der Waals surface area contributed by atoms with Crippen molar-refractivity contribution in [3.63, 3.8) is 0 Å². The lowest BCUT2D eigenvalue weighted by Gasteiger charge is -2.15. The van der Waals surface area contributed by atoms with Crippen molar-refractivity contribution in [3.05, 3.63) is 83.6 Å². The number of carbonyl (C=O) groups is 2. The van der Waals surface area contributed by atoms with Gasteiger partial charge in [0, 0.05) is 43.9 Å². The van der Waals surface area contributed by atoms with E-state index in [-0.39, 0.29) is 11.8 Å². The molecule has 31 heavy (non-hydrogen) atoms. The molecule has 0 aliphatic rings. The fraction of sp³-hybridized carbons (Fsp3) is 0.174. The van der Waals surface area contributed by atoms with E-state index < -0.39 is 0 Å². The minimum atomic E-state index is -0.311. The largest absolute Gasteiger partial charge is 0.345 e. The molecule has 0 unspecified atom stereocenters. The number of amides is 2. The molecule has 0 bridgehead atoms. The van der Waals surface area contributed by atoms with Crippen LogP contribution in [0.2, 0.25) is 0 Å². The fourth-order valence-corrected chi connectivity index (χ4v) is 3.32. The average molecular weight is 414 g/mol. The minimum absolute atomic E-state index is 0.115. The van der Waals surface area contributed by atoms with Crippen molar-refractivity contribution >= 4 is 28.7 Å². The number of fused-ring (bicyclic) bond motifs is 1. The third-order valence-electron chi connectivity index (χ3n) is 5.01. The summed E-state index contributed by atoms with van der Waals surface area (Å²) in [6.45, 7) is 2.41. The number of hydrogen-bond acceptors (Lipinski definition) is 5. The molecule has 4 aromatic rings. The molecule has 4 rings (SSSR count). The van der Waals surface area contributed by atoms with Crippen LogP contribution in [-0.4, -0.2) is 50.3 Å². The molecule has 0 spiro atoms. The van der Waals surface area contributed by atoms with E-state index >= 15 is 0 Å². The number of aromatic nitrogens is 4. The molecule has 1 N–H and O–H groups in total. The molecule has 156 valence electrons. The van der Waals surface area contributed by atoms with Gasteiger partial charge in [-0.2, -0.15) is 0 Å². The zero-order valence-electron chi connectivity index (χ0n) is 17.5. The normalized spacial score (nSPS) is 10.8. The minimum Gasteiger partial charge on any atom is -0.345 e. The van der Waals surface area contributed by atoms with Crippen LogP contribution >= 0.6 is 0 Å². The maximum absolute atomic E-state index is 12.8. The first-order valence-electron chi connectivity index (χ1n) is 9.76. The van der Waals surface area contributed by atoms with Crippen LogP contribution in [0.4, 0.5) is 5.69 Å². The monoisotopic (exact) mass is 414 g/mol. The maximum atomic E-state index is 12.8. The second-order valence-electron chi connectivity index (χ2n) is 7.43. The van der Waals surface area contributed by atoms with E-state index in [9.17, 15) is 9.59 Å². The van der Waals surface area contributed by atoms with Gasteiger partial charge in [-0.15, -0.1) is 0 Å². The molecule has 8 heteroatoms. The molecule has 0 saturated carbocycles. The van der Waals surface area contributed by atoms with Gasteiger partial charge in [0.25, 0.3) is 11.8 Å². The first-order chi connectivity index (χ1) is 14.9. The first-order valence-corrected chi connectivity index (χ1v) is 9.76. The standard InChI is InChI=1S/C23H22N6O2/c1-15-18(23(31)28(2)3)7-4-8-19(15)27-22(30)17-10-20-21(25-12-17)29(14-26-20)13-16-6-5-9-24-11-16/h4-12,14H,13H2,1-3H3,(H,27,30). The van der Waals surface area contributed by atoms with E-state index in [1.807, 2.05) is 23.6 Å². The summed E-state index contributed by atoms with van der Waals surface area (Å²) in [7, 11) is 3.39. The highest BCUT2D eigenvalue weighted by Gasteiger charge is 2.16. The van der Waals surface area contributed by atoms with E-state index in [4.69, 9.17) is 0 Å². The van der Waals surface area contributed by atoms with Crippen LogP contribution in [0.25, 0.3) is 11.2 Å². The number of anilines is 1. The third-order valence-corrected chi connectivity index (χ3v) is 5.01. The molecule has 0 aliphatic carbocycles. The number of hydrogen-bond donors (Lipinski definition) is 1. The summed E-state index contributed by atoms with van der Waals surface area (Å²) in [6.07, 6.45) is 6.76. The van der Waals surface area contributed by atoms with Gasteiger partial charge in [0.05, 0.1) is 18.4 Å². The van der Waals surface area contributed by atoms with Gasteiger partial charge < -0.3 is 14.8 Å². The third kappa shape index (κ3) is 4.13. The van der Waals surface area contributed by atoms with E-state index in [0.717, 1.165) is 5.56 Å². The molecule has 0 fully saturated rings. The summed E-state index contributed by atoms with van der Waals surface area (Å²) >= 11 is 0. The Labute approximate surface area is 179 Å². The molecule has 3 aromatic heterocycles. The van der Waals surface area contributed by atoms with Gasteiger partial charge in [-0.25, -0.2) is 9.97 Å². The summed E-state index contributed by atoms with van der Waals surface area (Å²) in [5.41, 5.74) is 4.59. The lowest BCUT2D eigenvalue weighted by atomic mass is 10.1. The van der Waals surface area contributed by atoms with E-state index in [1.165, 1.54) is 11.1 Å². The van der Waals surface area contributed by atoms with E-state index in [0.29, 0.717) is 40.1 Å². The molecular weight excluding hydrogens is 392 g/mol. The summed E-state index contributed by atoms with van der Waals surface area (Å²) in [6, 6.07) is 10.8. The number of carbonyl (C=O) groups excluding carboxylic acids is 2. The van der Waals surface area contributed by atoms with Gasteiger partial charge in [0.2, 0.25) is 0 Å². The smallest absolute Gasteiger partial charge is 0.257 e. The van der Waals surface area contributed by atoms with Crippen LogP contribution < -0.4 is 5.32 Å². The molecule has 0 atom stereocenters. The van der Waals surface area contributed by atoms with Gasteiger partial charge in [0.15, 0.2) is 5.65 Å². The number of benzene rings is 1. The molecular formula is C23H22N6O2. The summed E-state index contributed by atoms with van der Waals surface area (Å²) in [5.74, 6) is -0.426. The van der Waals surface area contributed by atoms with Crippen molar-refractivity contribution in [1.82, 2.24) is 24.4 Å². The maximum Gasteiger partial charge on any atom is 0.257 e. The molecule has 1 aromatic carbocycles. The summed E-state index contributed by atoms with van der Waals surface area (Å²) in [4.78, 5) is 39.6. The average Bonchev–Trinajstić information content (AvgIpc) is 3.17. The van der Waals surface area contributed by atoms with Crippen LogP contribution in [0, 0.1) is 6.92 Å². The topological polar surface area (TPSA) is 93.0 Å². The van der Waals surface area contributed by atoms with E-state index in [1.54, 1.807) is 57.1 Å². The van der Waals surface area contributed by atoms with Crippen LogP contribution in [0.15, 0.2) is 61.3 Å². The van der Waals surface area contributed by atoms with E-state index in [2.05, 4.69) is 20.3 Å². The second-order valence-corrected chi connectivity index (χ2v) is 7.43. The highest BCUT2D eigenvalue weighted by molar-refractivity contribution is 6.07. The molecule has 2 amide bonds. The Bertz CT molecular complexity index is 1260. The Kier molecular flexibility index (Phi) is 5.44. The highest BCUT2D eigenvalue weighted by atomic mass is 16.2. The van der Waals surface area contributed by atoms with Gasteiger partial charge in [-0.05, 0) is 42.3 Å². The number of rotatable bonds is 5. The highest BCUT2D eigenvalue weighted by Crippen LogP contribution is 2.21. The summed E-state index contributed by atoms with van der Waals surface area (Å²) in [5, 5.41) is 2.88. The fourth-order valence-electron chi connectivity index (χ4n) is 3.32. The quantitative estimate of drug-likeness (QED) is 0.542. The summed E-state index contributed by atoms with van der Waals surface area (Å²) < 4.78 is 1.91. The number of pyridine rings is 2. The zero-order chi connectivity index (χ0) is 22.0. The number of nitrogens with zero attached hydrogens (tertiary/aromatic N) is 5. The van der Waals surface area contributed by atoms with Crippen molar-refractivity contribution in [3.8, 4) is 0 Å². The van der Waals surface area contributed by atoms with Gasteiger partial charge in [-0.3, -0.25) is 14.6 Å². The Morgan fingerprint density at radius 2 is 1.94 bits per heavy atom. The molecule has 0 aliphatic heterocycles. The molecule has 0 saturated heterocycles. The lowest BCUT2D eigenvalue weighted by molar-refractivity contribution is 0.0826. The Morgan fingerprint density at radius 3 is 2.68 bits per heavy atom. The van der Waals surface area contributed by atoms with Crippen LogP contribution in [0.5, 0.6) is 0 Å². The predicted molar refractivity (Wildman–Crippen MR) is 118 cm³/mol. The molecule has 0 radical (unpaired) electrons. The van der Waals surface area contributed by atoms with Crippen molar-refractivity contribution in [1.29, 1.82) is 0 Å². The van der Waals surface area contributed by atoms with Crippen LogP contribution in [0.1, 0.15) is 31.8 Å². The van der Waals surface area contributed by atoms with Crippen molar-refractivity contribution in [2.75, 3.05) is 19.4 Å². The van der Waals surface area contributed by atoms with Crippen molar-refractivity contribution in [2.24, 2.45) is 0 Å². The Balaban J connectivity index is 1.56. The van der Waals surface area contributed by atoms with Crippen LogP contribution in [-0.2, 0) is 6.54 Å². The second kappa shape index (κ2) is 8.35. The number of nitrogens with one attached hydrogen (secondary N) is 1. The lowest BCUT2D eigenvalue weighted by Crippen LogP contribution is -2.23. The van der Waals surface area contributed by atoms with Gasteiger partial charge in [-0.1, -0.05) is 12.1 Å². The predicted octanol–water partition coefficient (Wildman–Crippen LogP) is 3.14. The zero-order valence-corrected chi connectivity index (χ0v) is 17.5. The molecule has 3 heterocycles. The number of imidazole rings is 1. The first kappa shape index (κ1) is 20.2. The Morgan fingerprint density at radius 1 is 1.10 bits per heavy atom. The SMILES string of the molecule is Cc1c(NC(=O)c2cnc3c(c2)ncn3Cc2cccnc2)cccc1C(=O)N(C)C. The van der Waals surface area contributed by atoms with Crippen LogP contribution in [0.3, 0.4) is 0 Å². The van der Waals surface area contributed by atoms with Gasteiger partial charge in [0.1, 0.15) is 5.52 Å². The van der Waals surface area contributed by atoms with Gasteiger partial charge >= 0.3 is 0 Å². The van der Waals surface area contributed by atoms with Crippen molar-refractivity contribution in [2.45, 2.75) is 13.5 Å². The molecule has 8 nitrogen and oxygen atoms in total. The van der Waals surface area contributed by atoms with Crippen molar-refractivity contribution < 1.29 is 9.59 Å². The Hall–Kier alpha value is -4.07.